The molecule has 1 atom stereocenters. The van der Waals surface area contributed by atoms with E-state index in [0.29, 0.717) is 5.67 Å². The van der Waals surface area contributed by atoms with E-state index in [1.807, 2.05) is 0 Å². The van der Waals surface area contributed by atoms with Gasteiger partial charge in [-0.15, -0.1) is 0 Å². The maximum absolute atomic E-state index is 5.29. The monoisotopic (exact) mass is 95.1 g/mol. The molecule has 0 aliphatic rings. The summed E-state index contributed by atoms with van der Waals surface area (Å²) in [5.41, 5.74) is 5.70. The van der Waals surface area contributed by atoms with Crippen molar-refractivity contribution in [3.05, 3.63) is 6.92 Å². The number of hydrogen-bond acceptors (Lipinski definition) is 1. The van der Waals surface area contributed by atoms with Crippen molar-refractivity contribution in [3.63, 3.8) is 0 Å². The van der Waals surface area contributed by atoms with Crippen LogP contribution in [-0.2, 0) is 0 Å². The summed E-state index contributed by atoms with van der Waals surface area (Å²) in [4.78, 5) is 0. The smallest absolute Gasteiger partial charge is 0.342 e. The van der Waals surface area contributed by atoms with E-state index in [0.717, 1.165) is 16.7 Å². The first-order chi connectivity index (χ1) is 2.27. The van der Waals surface area contributed by atoms with Crippen molar-refractivity contribution in [2.75, 3.05) is 0 Å². The molecule has 6 heavy (non-hydrogen) atoms. The zero-order chi connectivity index (χ0) is 4.28. The van der Waals surface area contributed by atoms with Crippen LogP contribution in [0.2, 0.25) is 0 Å². The summed E-state index contributed by atoms with van der Waals surface area (Å²) < 4.78 is 0. The van der Waals surface area contributed by atoms with Gasteiger partial charge in [0.05, 0.1) is 0 Å². The summed E-state index contributed by atoms with van der Waals surface area (Å²) >= 11 is 0. The van der Waals surface area contributed by atoms with Gasteiger partial charge in [0.2, 0.25) is 0 Å². The Labute approximate surface area is 54.3 Å². The van der Waals surface area contributed by atoms with Gasteiger partial charge in [0, 0.05) is 10.2 Å². The van der Waals surface area contributed by atoms with Crippen molar-refractivity contribution in [1.29, 1.82) is 0 Å². The Morgan fingerprint density at radius 1 is 1.83 bits per heavy atom. The topological polar surface area (TPSA) is 26.0 Å². The summed E-state index contributed by atoms with van der Waals surface area (Å²) in [6, 6.07) is 0. The molecule has 0 aliphatic heterocycles. The Morgan fingerprint density at radius 2 is 2.00 bits per heavy atom. The van der Waals surface area contributed by atoms with Crippen LogP contribution in [0, 0.1) is 6.92 Å². The second-order valence-corrected chi connectivity index (χ2v) is 2.75. The molecular weight excluding hydrogens is 85.1 g/mol. The van der Waals surface area contributed by atoms with Gasteiger partial charge in [0.15, 0.2) is 0 Å². The number of rotatable bonds is 1. The first-order valence-electron chi connectivity index (χ1n) is 1.82. The van der Waals surface area contributed by atoms with Gasteiger partial charge in [0.1, 0.15) is 0 Å². The second kappa shape index (κ2) is 5.77. The summed E-state index contributed by atoms with van der Waals surface area (Å²) in [5.74, 6) is 0. The molecule has 0 heterocycles. The number of hydrogen-bond donors (Lipinski definition) is 1. The fraction of sp³-hybridized carbons (Fsp3) is 0.667. The van der Waals surface area contributed by atoms with E-state index in [2.05, 4.69) is 6.92 Å². The molecular formula is C3H10LiNSi. The molecule has 0 saturated heterocycles. The van der Waals surface area contributed by atoms with E-state index in [9.17, 15) is 0 Å². The van der Waals surface area contributed by atoms with Gasteiger partial charge in [-0.3, -0.25) is 0 Å². The maximum atomic E-state index is 5.29. The van der Waals surface area contributed by atoms with Crippen LogP contribution in [-0.4, -0.2) is 15.9 Å². The average Bonchev–Trinajstić information content (AvgIpc) is 1.38. The van der Waals surface area contributed by atoms with Crippen LogP contribution < -0.4 is 24.6 Å². The molecule has 0 aromatic heterocycles. The fourth-order valence-corrected chi connectivity index (χ4v) is 0. The van der Waals surface area contributed by atoms with Gasteiger partial charge in [-0.05, 0) is 5.67 Å². The van der Waals surface area contributed by atoms with Gasteiger partial charge < -0.3 is 12.7 Å². The summed E-state index contributed by atoms with van der Waals surface area (Å²) in [6.07, 6.45) is 0.895. The molecule has 1 unspecified atom stereocenters. The minimum atomic E-state index is 0. The van der Waals surface area contributed by atoms with Crippen molar-refractivity contribution in [2.45, 2.75) is 12.1 Å². The van der Waals surface area contributed by atoms with E-state index in [4.69, 9.17) is 5.73 Å². The fourth-order valence-electron chi connectivity index (χ4n) is 0. The van der Waals surface area contributed by atoms with Gasteiger partial charge in [-0.1, -0.05) is 0 Å². The molecule has 3 heteroatoms. The van der Waals surface area contributed by atoms with Crippen molar-refractivity contribution in [3.8, 4) is 0 Å². The van der Waals surface area contributed by atoms with Crippen molar-refractivity contribution < 1.29 is 18.9 Å². The van der Waals surface area contributed by atoms with Crippen molar-refractivity contribution in [1.82, 2.24) is 0 Å². The van der Waals surface area contributed by atoms with Crippen LogP contribution >= 0.6 is 0 Å². The molecule has 0 aromatic carbocycles. The Kier molecular flexibility index (Phi) is 9.54. The third-order valence-electron chi connectivity index (χ3n) is 0.455. The molecule has 0 bridgehead atoms. The Hall–Kier alpha value is 0.774. The first-order valence-corrected chi connectivity index (χ1v) is 2.97. The van der Waals surface area contributed by atoms with E-state index in [-0.39, 0.29) is 18.9 Å². The van der Waals surface area contributed by atoms with Gasteiger partial charge in [-0.25, -0.2) is 0 Å². The van der Waals surface area contributed by atoms with Crippen molar-refractivity contribution >= 4 is 10.2 Å². The normalized spacial score (nSPS) is 13.0. The predicted molar refractivity (Wildman–Crippen MR) is 27.9 cm³/mol. The quantitative estimate of drug-likeness (QED) is 0.260. The molecule has 0 aromatic rings. The van der Waals surface area contributed by atoms with E-state index in [1.165, 1.54) is 0 Å². The first kappa shape index (κ1) is 9.91. The largest absolute Gasteiger partial charge is 1.00 e. The van der Waals surface area contributed by atoms with Crippen LogP contribution in [0.5, 0.6) is 0 Å². The molecule has 0 rings (SSSR count). The van der Waals surface area contributed by atoms with Gasteiger partial charge in [-0.2, -0.15) is 6.42 Å². The Morgan fingerprint density at radius 3 is 2.00 bits per heavy atom. The maximum Gasteiger partial charge on any atom is 1.00 e. The Bertz CT molecular complexity index is 24.8. The molecule has 0 amide bonds. The van der Waals surface area contributed by atoms with Gasteiger partial charge in [0.25, 0.3) is 0 Å². The summed E-state index contributed by atoms with van der Waals surface area (Å²) in [7, 11) is 1.08. The van der Waals surface area contributed by atoms with Crippen LogP contribution in [0.3, 0.4) is 0 Å². The molecule has 2 N–H and O–H groups in total. The minimum absolute atomic E-state index is 0. The third kappa shape index (κ3) is 8.84. The average molecular weight is 95.1 g/mol. The summed E-state index contributed by atoms with van der Waals surface area (Å²) in [6.45, 7) is 3.59. The molecule has 0 saturated carbocycles. The molecule has 0 fully saturated rings. The van der Waals surface area contributed by atoms with Crippen LogP contribution in [0.15, 0.2) is 0 Å². The zero-order valence-electron chi connectivity index (χ0n) is 4.57. The molecule has 0 spiro atoms. The third-order valence-corrected chi connectivity index (χ3v) is 1.03. The summed E-state index contributed by atoms with van der Waals surface area (Å²) in [5, 5.41) is 0. The van der Waals surface area contributed by atoms with E-state index < -0.39 is 0 Å². The molecule has 0 radical (unpaired) electrons. The van der Waals surface area contributed by atoms with Crippen LogP contribution in [0.1, 0.15) is 6.42 Å². The molecule has 0 aliphatic carbocycles. The number of nitrogens with two attached hydrogens (primary N) is 1. The van der Waals surface area contributed by atoms with Crippen LogP contribution in [0.25, 0.3) is 0 Å². The standard InChI is InChI=1S/C3H10NSi.Li/c1-2-3(4)5;/h3H,1-2,4H2,5H3;/q-1;+1. The Balaban J connectivity index is 0. The second-order valence-electron chi connectivity index (χ2n) is 1.27. The SMILES string of the molecule is [CH2-]CC(N)[SiH3].[Li+]. The minimum Gasteiger partial charge on any atom is -0.342 e. The van der Waals surface area contributed by atoms with Gasteiger partial charge >= 0.3 is 18.9 Å². The van der Waals surface area contributed by atoms with Crippen molar-refractivity contribution in [2.24, 2.45) is 5.73 Å². The molecule has 1 nitrogen and oxygen atoms in total. The molecule has 32 valence electrons. The predicted octanol–water partition coefficient (Wildman–Crippen LogP) is -4.14. The zero-order valence-corrected chi connectivity index (χ0v) is 6.57. The van der Waals surface area contributed by atoms with E-state index >= 15 is 0 Å². The van der Waals surface area contributed by atoms with E-state index in [1.54, 1.807) is 0 Å². The van der Waals surface area contributed by atoms with Crippen LogP contribution in [0.4, 0.5) is 0 Å².